The quantitative estimate of drug-likeness (QED) is 0.674. The Hall–Kier alpha value is -1.62. The first-order valence-corrected chi connectivity index (χ1v) is 5.58. The lowest BCUT2D eigenvalue weighted by atomic mass is 10.0. The molecule has 1 aliphatic carbocycles. The third kappa shape index (κ3) is 5.31. The Labute approximate surface area is 101 Å². The lowest BCUT2D eigenvalue weighted by Gasteiger charge is -2.12. The van der Waals surface area contributed by atoms with E-state index in [0.29, 0.717) is 6.54 Å². The van der Waals surface area contributed by atoms with Gasteiger partial charge < -0.3 is 15.8 Å². The zero-order valence-corrected chi connectivity index (χ0v) is 9.94. The lowest BCUT2D eigenvalue weighted by Crippen LogP contribution is -2.27. The molecular weight excluding hydrogens is 220 g/mol. The molecule has 94 valence electrons. The molecule has 0 saturated carbocycles. The van der Waals surface area contributed by atoms with Gasteiger partial charge >= 0.3 is 5.97 Å². The highest BCUT2D eigenvalue weighted by molar-refractivity contribution is 5.81. The number of amides is 1. The Morgan fingerprint density at radius 1 is 1.53 bits per heavy atom. The van der Waals surface area contributed by atoms with E-state index in [1.54, 1.807) is 0 Å². The van der Waals surface area contributed by atoms with E-state index in [-0.39, 0.29) is 30.8 Å². The molecule has 3 N–H and O–H groups in total. The highest BCUT2D eigenvalue weighted by atomic mass is 16.5. The van der Waals surface area contributed by atoms with Crippen LogP contribution in [0.1, 0.15) is 19.3 Å². The molecule has 1 amide bonds. The van der Waals surface area contributed by atoms with Crippen LogP contribution in [-0.2, 0) is 14.3 Å². The number of methoxy groups -OCH3 is 1. The average Bonchev–Trinajstić information content (AvgIpc) is 2.35. The average molecular weight is 238 g/mol. The summed E-state index contributed by atoms with van der Waals surface area (Å²) in [6, 6.07) is 0.0776. The summed E-state index contributed by atoms with van der Waals surface area (Å²) in [5.74, 6) is -0.525. The molecule has 0 aliphatic heterocycles. The van der Waals surface area contributed by atoms with Gasteiger partial charge in [-0.2, -0.15) is 0 Å². The number of rotatable bonds is 5. The maximum absolute atomic E-state index is 11.4. The van der Waals surface area contributed by atoms with Crippen LogP contribution in [0.2, 0.25) is 0 Å². The SMILES string of the molecule is COC(=O)CCC(=O)NCC1=CCC(N)C=C1. The monoisotopic (exact) mass is 238 g/mol. The Morgan fingerprint density at radius 3 is 2.88 bits per heavy atom. The molecule has 0 aromatic rings. The van der Waals surface area contributed by atoms with Crippen LogP contribution >= 0.6 is 0 Å². The van der Waals surface area contributed by atoms with E-state index >= 15 is 0 Å². The number of carbonyl (C=O) groups is 2. The molecular formula is C12H18N2O3. The highest BCUT2D eigenvalue weighted by Gasteiger charge is 2.08. The predicted molar refractivity (Wildman–Crippen MR) is 64.1 cm³/mol. The molecule has 0 bridgehead atoms. The molecule has 1 aliphatic rings. The fraction of sp³-hybridized carbons (Fsp3) is 0.500. The van der Waals surface area contributed by atoms with Gasteiger partial charge in [-0.15, -0.1) is 0 Å². The molecule has 0 heterocycles. The van der Waals surface area contributed by atoms with Gasteiger partial charge in [0.05, 0.1) is 13.5 Å². The van der Waals surface area contributed by atoms with Gasteiger partial charge in [0.25, 0.3) is 0 Å². The van der Waals surface area contributed by atoms with Crippen molar-refractivity contribution in [2.45, 2.75) is 25.3 Å². The number of ether oxygens (including phenoxy) is 1. The van der Waals surface area contributed by atoms with Crippen LogP contribution in [0.4, 0.5) is 0 Å². The maximum Gasteiger partial charge on any atom is 0.306 e. The molecule has 0 spiro atoms. The van der Waals surface area contributed by atoms with Crippen molar-refractivity contribution in [1.29, 1.82) is 0 Å². The number of nitrogens with one attached hydrogen (secondary N) is 1. The van der Waals surface area contributed by atoms with Crippen molar-refractivity contribution in [1.82, 2.24) is 5.32 Å². The summed E-state index contributed by atoms with van der Waals surface area (Å²) < 4.78 is 4.45. The molecule has 5 heteroatoms. The van der Waals surface area contributed by atoms with Crippen LogP contribution in [0, 0.1) is 0 Å². The van der Waals surface area contributed by atoms with E-state index in [2.05, 4.69) is 10.1 Å². The fourth-order valence-electron chi connectivity index (χ4n) is 1.42. The van der Waals surface area contributed by atoms with Crippen molar-refractivity contribution in [2.24, 2.45) is 5.73 Å². The van der Waals surface area contributed by atoms with E-state index in [9.17, 15) is 9.59 Å². The first-order chi connectivity index (χ1) is 8.11. The van der Waals surface area contributed by atoms with Gasteiger partial charge in [0, 0.05) is 19.0 Å². The third-order valence-electron chi connectivity index (χ3n) is 2.48. The number of carbonyl (C=O) groups excluding carboxylic acids is 2. The molecule has 0 aromatic carbocycles. The van der Waals surface area contributed by atoms with Crippen molar-refractivity contribution < 1.29 is 14.3 Å². The second kappa shape index (κ2) is 6.85. The van der Waals surface area contributed by atoms with Gasteiger partial charge in [-0.25, -0.2) is 0 Å². The largest absolute Gasteiger partial charge is 0.469 e. The molecule has 0 radical (unpaired) electrons. The van der Waals surface area contributed by atoms with E-state index in [4.69, 9.17) is 5.73 Å². The standard InChI is InChI=1S/C12H18N2O3/c1-17-12(16)7-6-11(15)14-8-9-2-4-10(13)5-3-9/h2-4,10H,5-8,13H2,1H3,(H,14,15). The second-order valence-electron chi connectivity index (χ2n) is 3.89. The van der Waals surface area contributed by atoms with Crippen LogP contribution in [0.5, 0.6) is 0 Å². The maximum atomic E-state index is 11.4. The molecule has 0 saturated heterocycles. The first kappa shape index (κ1) is 13.4. The minimum atomic E-state index is -0.372. The smallest absolute Gasteiger partial charge is 0.306 e. The number of esters is 1. The lowest BCUT2D eigenvalue weighted by molar-refractivity contribution is -0.142. The highest BCUT2D eigenvalue weighted by Crippen LogP contribution is 2.07. The van der Waals surface area contributed by atoms with Gasteiger partial charge in [0.2, 0.25) is 5.91 Å². The van der Waals surface area contributed by atoms with Gasteiger partial charge in [0.15, 0.2) is 0 Å². The van der Waals surface area contributed by atoms with Crippen LogP contribution < -0.4 is 11.1 Å². The van der Waals surface area contributed by atoms with Crippen LogP contribution in [0.15, 0.2) is 23.8 Å². The summed E-state index contributed by atoms with van der Waals surface area (Å²) in [7, 11) is 1.31. The summed E-state index contributed by atoms with van der Waals surface area (Å²) in [5, 5.41) is 2.74. The Bertz CT molecular complexity index is 348. The minimum Gasteiger partial charge on any atom is -0.469 e. The van der Waals surface area contributed by atoms with Crippen molar-refractivity contribution in [3.63, 3.8) is 0 Å². The summed E-state index contributed by atoms with van der Waals surface area (Å²) in [4.78, 5) is 22.2. The van der Waals surface area contributed by atoms with Crippen LogP contribution in [-0.4, -0.2) is 31.6 Å². The fourth-order valence-corrected chi connectivity index (χ4v) is 1.42. The van der Waals surface area contributed by atoms with Gasteiger partial charge in [-0.1, -0.05) is 18.2 Å². The van der Waals surface area contributed by atoms with E-state index in [1.165, 1.54) is 7.11 Å². The number of hydrogen-bond acceptors (Lipinski definition) is 4. The van der Waals surface area contributed by atoms with Crippen LogP contribution in [0.25, 0.3) is 0 Å². The van der Waals surface area contributed by atoms with Gasteiger partial charge in [-0.05, 0) is 12.0 Å². The van der Waals surface area contributed by atoms with Gasteiger partial charge in [-0.3, -0.25) is 9.59 Å². The zero-order valence-electron chi connectivity index (χ0n) is 9.94. The van der Waals surface area contributed by atoms with E-state index in [0.717, 1.165) is 12.0 Å². The summed E-state index contributed by atoms with van der Waals surface area (Å²) in [6.45, 7) is 0.475. The second-order valence-corrected chi connectivity index (χ2v) is 3.89. The summed E-state index contributed by atoms with van der Waals surface area (Å²) in [6.07, 6.45) is 6.89. The molecule has 1 unspecified atom stereocenters. The van der Waals surface area contributed by atoms with Crippen molar-refractivity contribution in [3.8, 4) is 0 Å². The summed E-state index contributed by atoms with van der Waals surface area (Å²) >= 11 is 0. The Morgan fingerprint density at radius 2 is 2.29 bits per heavy atom. The molecule has 5 nitrogen and oxygen atoms in total. The zero-order chi connectivity index (χ0) is 12.7. The topological polar surface area (TPSA) is 81.4 Å². The third-order valence-corrected chi connectivity index (χ3v) is 2.48. The number of hydrogen-bond donors (Lipinski definition) is 2. The predicted octanol–water partition coefficient (Wildman–Crippen LogP) is 0.269. The van der Waals surface area contributed by atoms with Crippen molar-refractivity contribution in [3.05, 3.63) is 23.8 Å². The van der Waals surface area contributed by atoms with Crippen LogP contribution in [0.3, 0.4) is 0 Å². The molecule has 17 heavy (non-hydrogen) atoms. The normalized spacial score (nSPS) is 18.5. The van der Waals surface area contributed by atoms with Gasteiger partial charge in [0.1, 0.15) is 0 Å². The molecule has 1 atom stereocenters. The Balaban J connectivity index is 2.20. The number of nitrogens with two attached hydrogens (primary N) is 1. The molecule has 1 rings (SSSR count). The van der Waals surface area contributed by atoms with Crippen molar-refractivity contribution in [2.75, 3.05) is 13.7 Å². The van der Waals surface area contributed by atoms with Crippen molar-refractivity contribution >= 4 is 11.9 Å². The van der Waals surface area contributed by atoms with E-state index < -0.39 is 0 Å². The van der Waals surface area contributed by atoms with E-state index in [1.807, 2.05) is 18.2 Å². The molecule has 0 fully saturated rings. The Kier molecular flexibility index (Phi) is 5.42. The molecule has 0 aromatic heterocycles. The summed E-state index contributed by atoms with van der Waals surface area (Å²) in [5.41, 5.74) is 6.72. The minimum absolute atomic E-state index is 0.0776. The first-order valence-electron chi connectivity index (χ1n) is 5.58.